The predicted molar refractivity (Wildman–Crippen MR) is 67.0 cm³/mol. The first-order chi connectivity index (χ1) is 7.79. The third-order valence-electron chi connectivity index (χ3n) is 3.03. The van der Waals surface area contributed by atoms with Crippen LogP contribution < -0.4 is 0 Å². The maximum Gasteiger partial charge on any atom is 0.0786 e. The Morgan fingerprint density at radius 2 is 1.56 bits per heavy atom. The smallest absolute Gasteiger partial charge is 0.0786 e. The van der Waals surface area contributed by atoms with Crippen molar-refractivity contribution < 1.29 is 0 Å². The Bertz CT molecular complexity index is 542. The van der Waals surface area contributed by atoms with Gasteiger partial charge in [0.05, 0.1) is 5.69 Å². The van der Waals surface area contributed by atoms with Crippen molar-refractivity contribution in [3.63, 3.8) is 0 Å². The number of hydrogen-bond acceptors (Lipinski definition) is 1. The number of pyridine rings is 1. The second-order valence-corrected chi connectivity index (χ2v) is 4.32. The van der Waals surface area contributed by atoms with Crippen molar-refractivity contribution in [2.45, 2.75) is 13.8 Å². The van der Waals surface area contributed by atoms with E-state index in [9.17, 15) is 0 Å². The Kier molecular flexibility index (Phi) is 1.93. The summed E-state index contributed by atoms with van der Waals surface area (Å²) in [5.41, 5.74) is 7.65. The van der Waals surface area contributed by atoms with E-state index in [0.717, 1.165) is 5.69 Å². The summed E-state index contributed by atoms with van der Waals surface area (Å²) in [6.45, 7) is 4.32. The fourth-order valence-electron chi connectivity index (χ4n) is 2.41. The quantitative estimate of drug-likeness (QED) is 0.544. The van der Waals surface area contributed by atoms with Crippen LogP contribution in [0.25, 0.3) is 16.8 Å². The average molecular weight is 207 g/mol. The Labute approximate surface area is 95.5 Å². The third-order valence-corrected chi connectivity index (χ3v) is 3.03. The minimum absolute atomic E-state index is 1.12. The molecule has 0 aliphatic heterocycles. The summed E-state index contributed by atoms with van der Waals surface area (Å²) in [6, 6.07) is 12.7. The SMILES string of the molecule is CC(C)=C1c2ccccc2-c2ncccc21. The largest absolute Gasteiger partial charge is 0.256 e. The lowest BCUT2D eigenvalue weighted by Crippen LogP contribution is -1.84. The van der Waals surface area contributed by atoms with Gasteiger partial charge in [0.15, 0.2) is 0 Å². The summed E-state index contributed by atoms with van der Waals surface area (Å²) in [5.74, 6) is 0. The first-order valence-electron chi connectivity index (χ1n) is 5.51. The van der Waals surface area contributed by atoms with Gasteiger partial charge in [-0.15, -0.1) is 0 Å². The van der Waals surface area contributed by atoms with Crippen molar-refractivity contribution in [2.24, 2.45) is 0 Å². The van der Waals surface area contributed by atoms with Gasteiger partial charge < -0.3 is 0 Å². The molecule has 0 N–H and O–H groups in total. The second-order valence-electron chi connectivity index (χ2n) is 4.32. The molecule has 16 heavy (non-hydrogen) atoms. The highest BCUT2D eigenvalue weighted by Gasteiger charge is 2.24. The molecule has 1 aromatic carbocycles. The van der Waals surface area contributed by atoms with E-state index in [0.29, 0.717) is 0 Å². The molecule has 1 heterocycles. The Hall–Kier alpha value is -1.89. The molecule has 0 spiro atoms. The lowest BCUT2D eigenvalue weighted by Gasteiger charge is -2.04. The van der Waals surface area contributed by atoms with E-state index in [2.05, 4.69) is 49.2 Å². The molecule has 0 atom stereocenters. The van der Waals surface area contributed by atoms with E-state index in [1.54, 1.807) is 0 Å². The van der Waals surface area contributed by atoms with Crippen LogP contribution >= 0.6 is 0 Å². The zero-order valence-electron chi connectivity index (χ0n) is 9.49. The van der Waals surface area contributed by atoms with Gasteiger partial charge in [-0.2, -0.15) is 0 Å². The second kappa shape index (κ2) is 3.31. The van der Waals surface area contributed by atoms with Crippen molar-refractivity contribution in [1.82, 2.24) is 4.98 Å². The Morgan fingerprint density at radius 1 is 0.875 bits per heavy atom. The molecule has 0 fully saturated rings. The summed E-state index contributed by atoms with van der Waals surface area (Å²) < 4.78 is 0. The molecule has 1 heteroatoms. The lowest BCUT2D eigenvalue weighted by atomic mass is 10.0. The topological polar surface area (TPSA) is 12.9 Å². The molecule has 1 aromatic heterocycles. The Morgan fingerprint density at radius 3 is 2.31 bits per heavy atom. The molecule has 0 radical (unpaired) electrons. The van der Waals surface area contributed by atoms with Crippen molar-refractivity contribution in [3.05, 3.63) is 59.3 Å². The molecule has 0 bridgehead atoms. The molecule has 0 amide bonds. The van der Waals surface area contributed by atoms with Crippen molar-refractivity contribution in [3.8, 4) is 11.3 Å². The van der Waals surface area contributed by atoms with Crippen LogP contribution in [0.5, 0.6) is 0 Å². The molecule has 3 rings (SSSR count). The molecule has 1 aliphatic carbocycles. The minimum Gasteiger partial charge on any atom is -0.256 e. The number of aromatic nitrogens is 1. The van der Waals surface area contributed by atoms with Crippen molar-refractivity contribution in [2.75, 3.05) is 0 Å². The number of fused-ring (bicyclic) bond motifs is 3. The third kappa shape index (κ3) is 1.15. The number of hydrogen-bond donors (Lipinski definition) is 0. The fourth-order valence-corrected chi connectivity index (χ4v) is 2.41. The summed E-state index contributed by atoms with van der Waals surface area (Å²) in [4.78, 5) is 4.50. The number of nitrogens with zero attached hydrogens (tertiary/aromatic N) is 1. The van der Waals surface area contributed by atoms with Crippen LogP contribution in [0, 0.1) is 0 Å². The highest BCUT2D eigenvalue weighted by atomic mass is 14.7. The van der Waals surface area contributed by atoms with Crippen molar-refractivity contribution >= 4 is 5.57 Å². The highest BCUT2D eigenvalue weighted by molar-refractivity contribution is 6.00. The van der Waals surface area contributed by atoms with Gasteiger partial charge in [-0.3, -0.25) is 4.98 Å². The first-order valence-corrected chi connectivity index (χ1v) is 5.51. The van der Waals surface area contributed by atoms with Crippen LogP contribution in [0.1, 0.15) is 25.0 Å². The molecule has 0 saturated heterocycles. The first kappa shape index (κ1) is 9.34. The summed E-state index contributed by atoms with van der Waals surface area (Å²) in [7, 11) is 0. The van der Waals surface area contributed by atoms with Gasteiger partial charge in [0.2, 0.25) is 0 Å². The van der Waals surface area contributed by atoms with Gasteiger partial charge in [-0.1, -0.05) is 35.9 Å². The van der Waals surface area contributed by atoms with Crippen LogP contribution in [-0.4, -0.2) is 4.98 Å². The van der Waals surface area contributed by atoms with Crippen LogP contribution in [0.4, 0.5) is 0 Å². The van der Waals surface area contributed by atoms with E-state index >= 15 is 0 Å². The minimum atomic E-state index is 1.12. The van der Waals surface area contributed by atoms with Gasteiger partial charge >= 0.3 is 0 Å². The van der Waals surface area contributed by atoms with Crippen LogP contribution in [0.2, 0.25) is 0 Å². The van der Waals surface area contributed by atoms with E-state index in [1.807, 2.05) is 12.3 Å². The van der Waals surface area contributed by atoms with Crippen LogP contribution in [-0.2, 0) is 0 Å². The molecule has 0 saturated carbocycles. The molecule has 1 nitrogen and oxygen atoms in total. The molecule has 1 aliphatic rings. The maximum atomic E-state index is 4.50. The molecular formula is C15H13N. The van der Waals surface area contributed by atoms with E-state index < -0.39 is 0 Å². The number of rotatable bonds is 0. The van der Waals surface area contributed by atoms with Crippen LogP contribution in [0.3, 0.4) is 0 Å². The standard InChI is InChI=1S/C15H13N/c1-10(2)14-11-6-3-4-7-12(11)15-13(14)8-5-9-16-15/h3-9H,1-2H3. The van der Waals surface area contributed by atoms with Gasteiger partial charge in [-0.25, -0.2) is 0 Å². The van der Waals surface area contributed by atoms with E-state index in [4.69, 9.17) is 0 Å². The van der Waals surface area contributed by atoms with Gasteiger partial charge in [0.25, 0.3) is 0 Å². The van der Waals surface area contributed by atoms with E-state index in [-0.39, 0.29) is 0 Å². The summed E-state index contributed by atoms with van der Waals surface area (Å²) >= 11 is 0. The van der Waals surface area contributed by atoms with Gasteiger partial charge in [0.1, 0.15) is 0 Å². The predicted octanol–water partition coefficient (Wildman–Crippen LogP) is 3.90. The average Bonchev–Trinajstić information content (AvgIpc) is 2.63. The number of allylic oxidation sites excluding steroid dienone is 1. The molecule has 78 valence electrons. The number of benzene rings is 1. The Balaban J connectivity index is 2.44. The maximum absolute atomic E-state index is 4.50. The molecule has 2 aromatic rings. The van der Waals surface area contributed by atoms with Gasteiger partial charge in [-0.05, 0) is 31.1 Å². The van der Waals surface area contributed by atoms with Crippen molar-refractivity contribution in [1.29, 1.82) is 0 Å². The molecular weight excluding hydrogens is 194 g/mol. The lowest BCUT2D eigenvalue weighted by molar-refractivity contribution is 1.32. The highest BCUT2D eigenvalue weighted by Crippen LogP contribution is 2.43. The zero-order chi connectivity index (χ0) is 11.1. The van der Waals surface area contributed by atoms with Gasteiger partial charge in [0, 0.05) is 17.3 Å². The zero-order valence-corrected chi connectivity index (χ0v) is 9.49. The van der Waals surface area contributed by atoms with Crippen LogP contribution in [0.15, 0.2) is 48.2 Å². The van der Waals surface area contributed by atoms with E-state index in [1.165, 1.54) is 27.8 Å². The monoisotopic (exact) mass is 207 g/mol. The summed E-state index contributed by atoms with van der Waals surface area (Å²) in [6.07, 6.45) is 1.86. The normalized spacial score (nSPS) is 12.2. The summed E-state index contributed by atoms with van der Waals surface area (Å²) in [5, 5.41) is 0. The fraction of sp³-hybridized carbons (Fsp3) is 0.133. The molecule has 0 unspecified atom stereocenters.